The van der Waals surface area contributed by atoms with Gasteiger partial charge in [0.25, 0.3) is 5.91 Å². The van der Waals surface area contributed by atoms with Crippen LogP contribution in [-0.2, 0) is 4.79 Å². The van der Waals surface area contributed by atoms with Gasteiger partial charge < -0.3 is 4.74 Å². The summed E-state index contributed by atoms with van der Waals surface area (Å²) in [4.78, 5) is 19.7. The predicted octanol–water partition coefficient (Wildman–Crippen LogP) is 5.46. The molecule has 0 bridgehead atoms. The van der Waals surface area contributed by atoms with E-state index in [2.05, 4.69) is 6.92 Å². The number of halogens is 1. The fraction of sp³-hybridized carbons (Fsp3) is 0.333. The predicted molar refractivity (Wildman–Crippen MR) is 113 cm³/mol. The summed E-state index contributed by atoms with van der Waals surface area (Å²) < 4.78 is 5.84. The van der Waals surface area contributed by atoms with Crippen molar-refractivity contribution in [1.29, 1.82) is 0 Å². The number of aliphatic imine (C=N–C) groups is 1. The summed E-state index contributed by atoms with van der Waals surface area (Å²) >= 11 is 7.53. The highest BCUT2D eigenvalue weighted by molar-refractivity contribution is 8.14. The first kappa shape index (κ1) is 19.8. The zero-order valence-electron chi connectivity index (χ0n) is 15.7. The Morgan fingerprint density at radius 3 is 2.67 bits per heavy atom. The molecule has 1 amide bonds. The third-order valence-electron chi connectivity index (χ3n) is 4.49. The van der Waals surface area contributed by atoms with Gasteiger partial charge >= 0.3 is 0 Å². The number of hydrogen-bond acceptors (Lipinski definition) is 4. The average Bonchev–Trinajstić information content (AvgIpc) is 3.07. The van der Waals surface area contributed by atoms with E-state index in [4.69, 9.17) is 21.3 Å². The third-order valence-corrected chi connectivity index (χ3v) is 5.84. The molecule has 0 aliphatic carbocycles. The molecule has 27 heavy (non-hydrogen) atoms. The molecular formula is C21H23ClN2O2S. The van der Waals surface area contributed by atoms with E-state index in [0.717, 1.165) is 28.6 Å². The van der Waals surface area contributed by atoms with Crippen molar-refractivity contribution in [2.75, 3.05) is 5.75 Å². The number of amidine groups is 1. The van der Waals surface area contributed by atoms with Crippen molar-refractivity contribution in [3.8, 4) is 5.75 Å². The van der Waals surface area contributed by atoms with Gasteiger partial charge in [-0.15, -0.1) is 0 Å². The highest BCUT2D eigenvalue weighted by atomic mass is 35.5. The molecule has 0 unspecified atom stereocenters. The molecule has 1 heterocycles. The highest BCUT2D eigenvalue weighted by Crippen LogP contribution is 2.31. The minimum Gasteiger partial charge on any atom is -0.481 e. The van der Waals surface area contributed by atoms with Crippen LogP contribution in [0.4, 0.5) is 5.69 Å². The first-order valence-electron chi connectivity index (χ1n) is 9.02. The number of amides is 1. The van der Waals surface area contributed by atoms with E-state index >= 15 is 0 Å². The summed E-state index contributed by atoms with van der Waals surface area (Å²) in [5.74, 6) is 1.40. The van der Waals surface area contributed by atoms with Crippen molar-refractivity contribution in [2.45, 2.75) is 39.3 Å². The standard InChI is InChI=1S/C21H23ClN2O2S/c1-4-17-13-27-21(23-19-8-6-5-7-14(19)2)24(17)20(25)15(3)26-18-11-9-16(22)10-12-18/h5-12,15,17H,4,13H2,1-3H3/t15-,17-/m1/s1. The van der Waals surface area contributed by atoms with Gasteiger partial charge in [-0.3, -0.25) is 9.69 Å². The number of carbonyl (C=O) groups is 1. The first-order valence-corrected chi connectivity index (χ1v) is 10.4. The van der Waals surface area contributed by atoms with E-state index in [-0.39, 0.29) is 11.9 Å². The molecule has 4 nitrogen and oxygen atoms in total. The molecule has 1 fully saturated rings. The van der Waals surface area contributed by atoms with Crippen LogP contribution >= 0.6 is 23.4 Å². The molecule has 1 saturated heterocycles. The molecule has 2 atom stereocenters. The van der Waals surface area contributed by atoms with Crippen LogP contribution in [0.1, 0.15) is 25.8 Å². The minimum atomic E-state index is -0.610. The number of carbonyl (C=O) groups excluding carboxylic acids is 1. The largest absolute Gasteiger partial charge is 0.481 e. The van der Waals surface area contributed by atoms with Crippen molar-refractivity contribution in [3.63, 3.8) is 0 Å². The fourth-order valence-electron chi connectivity index (χ4n) is 2.89. The Kier molecular flexibility index (Phi) is 6.45. The zero-order valence-corrected chi connectivity index (χ0v) is 17.3. The van der Waals surface area contributed by atoms with E-state index < -0.39 is 6.10 Å². The number of thioether (sulfide) groups is 1. The zero-order chi connectivity index (χ0) is 19.4. The molecule has 0 N–H and O–H groups in total. The van der Waals surface area contributed by atoms with E-state index in [1.807, 2.05) is 31.2 Å². The second-order valence-corrected chi connectivity index (χ2v) is 7.90. The van der Waals surface area contributed by atoms with Gasteiger partial charge in [0.2, 0.25) is 0 Å². The maximum atomic E-state index is 13.2. The van der Waals surface area contributed by atoms with Crippen LogP contribution in [0.2, 0.25) is 5.02 Å². The summed E-state index contributed by atoms with van der Waals surface area (Å²) in [7, 11) is 0. The van der Waals surface area contributed by atoms with Crippen molar-refractivity contribution >= 4 is 40.1 Å². The second-order valence-electron chi connectivity index (χ2n) is 6.48. The lowest BCUT2D eigenvalue weighted by Crippen LogP contribution is -2.45. The van der Waals surface area contributed by atoms with Crippen LogP contribution in [-0.4, -0.2) is 33.9 Å². The number of ether oxygens (including phenoxy) is 1. The van der Waals surface area contributed by atoms with Crippen LogP contribution in [0.15, 0.2) is 53.5 Å². The van der Waals surface area contributed by atoms with Gasteiger partial charge in [0, 0.05) is 16.8 Å². The Bertz CT molecular complexity index is 838. The fourth-order valence-corrected chi connectivity index (χ4v) is 4.28. The van der Waals surface area contributed by atoms with Crippen LogP contribution in [0, 0.1) is 6.92 Å². The number of nitrogens with zero attached hydrogens (tertiary/aromatic N) is 2. The second kappa shape index (κ2) is 8.81. The number of hydrogen-bond donors (Lipinski definition) is 0. The topological polar surface area (TPSA) is 41.9 Å². The van der Waals surface area contributed by atoms with Crippen LogP contribution < -0.4 is 4.74 Å². The van der Waals surface area contributed by atoms with Crippen molar-refractivity contribution < 1.29 is 9.53 Å². The summed E-state index contributed by atoms with van der Waals surface area (Å²) in [5, 5.41) is 1.38. The molecule has 1 aliphatic rings. The van der Waals surface area contributed by atoms with Gasteiger partial charge in [0.1, 0.15) is 5.75 Å². The number of benzene rings is 2. The van der Waals surface area contributed by atoms with Gasteiger partial charge in [-0.25, -0.2) is 4.99 Å². The molecule has 0 spiro atoms. The monoisotopic (exact) mass is 402 g/mol. The van der Waals surface area contributed by atoms with Crippen LogP contribution in [0.25, 0.3) is 0 Å². The molecule has 0 aromatic heterocycles. The molecule has 3 rings (SSSR count). The van der Waals surface area contributed by atoms with Crippen molar-refractivity contribution in [1.82, 2.24) is 4.90 Å². The SMILES string of the molecule is CC[C@@H]1CSC(=Nc2ccccc2C)N1C(=O)[C@@H](C)Oc1ccc(Cl)cc1. The molecule has 142 valence electrons. The Labute approximate surface area is 169 Å². The van der Waals surface area contributed by atoms with Crippen LogP contribution in [0.5, 0.6) is 5.75 Å². The molecular weight excluding hydrogens is 380 g/mol. The normalized spacial score (nSPS) is 19.3. The number of para-hydroxylation sites is 1. The Morgan fingerprint density at radius 1 is 1.30 bits per heavy atom. The molecule has 2 aromatic rings. The van der Waals surface area contributed by atoms with Gasteiger partial charge in [-0.1, -0.05) is 48.5 Å². The van der Waals surface area contributed by atoms with Crippen molar-refractivity contribution in [2.24, 2.45) is 4.99 Å². The highest BCUT2D eigenvalue weighted by Gasteiger charge is 2.37. The maximum Gasteiger partial charge on any atom is 0.269 e. The minimum absolute atomic E-state index is 0.0749. The quantitative estimate of drug-likeness (QED) is 0.667. The molecule has 0 saturated carbocycles. The maximum absolute atomic E-state index is 13.2. The van der Waals surface area contributed by atoms with Gasteiger partial charge in [0.15, 0.2) is 11.3 Å². The molecule has 0 radical (unpaired) electrons. The number of aryl methyl sites for hydroxylation is 1. The Hall–Kier alpha value is -1.98. The van der Waals surface area contributed by atoms with E-state index in [1.54, 1.807) is 47.9 Å². The van der Waals surface area contributed by atoms with E-state index in [0.29, 0.717) is 10.8 Å². The van der Waals surface area contributed by atoms with Gasteiger partial charge in [0.05, 0.1) is 5.69 Å². The molecule has 2 aromatic carbocycles. The average molecular weight is 403 g/mol. The first-order chi connectivity index (χ1) is 13.0. The van der Waals surface area contributed by atoms with Crippen molar-refractivity contribution in [3.05, 3.63) is 59.1 Å². The Morgan fingerprint density at radius 2 is 2.00 bits per heavy atom. The summed E-state index contributed by atoms with van der Waals surface area (Å²) in [5.41, 5.74) is 1.98. The lowest BCUT2D eigenvalue weighted by atomic mass is 10.2. The smallest absolute Gasteiger partial charge is 0.269 e. The molecule has 1 aliphatic heterocycles. The number of rotatable bonds is 5. The van der Waals surface area contributed by atoms with Crippen LogP contribution in [0.3, 0.4) is 0 Å². The third kappa shape index (κ3) is 4.66. The lowest BCUT2D eigenvalue weighted by Gasteiger charge is -2.26. The summed E-state index contributed by atoms with van der Waals surface area (Å²) in [6.07, 6.45) is 0.264. The van der Waals surface area contributed by atoms with Gasteiger partial charge in [-0.05, 0) is 56.2 Å². The Balaban J connectivity index is 1.82. The van der Waals surface area contributed by atoms with E-state index in [9.17, 15) is 4.79 Å². The van der Waals surface area contributed by atoms with E-state index in [1.165, 1.54) is 0 Å². The van der Waals surface area contributed by atoms with Gasteiger partial charge in [-0.2, -0.15) is 0 Å². The molecule has 6 heteroatoms. The lowest BCUT2D eigenvalue weighted by molar-refractivity contribution is -0.135. The summed E-state index contributed by atoms with van der Waals surface area (Å²) in [6.45, 7) is 5.89. The summed E-state index contributed by atoms with van der Waals surface area (Å²) in [6, 6.07) is 15.1.